The fourth-order valence-corrected chi connectivity index (χ4v) is 1.33. The number of nitrogens with two attached hydrogens (primary N) is 1. The van der Waals surface area contributed by atoms with Crippen molar-refractivity contribution in [2.45, 2.75) is 6.43 Å². The van der Waals surface area contributed by atoms with Crippen molar-refractivity contribution in [1.29, 1.82) is 0 Å². The molecule has 0 radical (unpaired) electrons. The van der Waals surface area contributed by atoms with Gasteiger partial charge < -0.3 is 10.1 Å². The molecule has 0 bridgehead atoms. The average Bonchev–Trinajstić information content (AvgIpc) is 3.00. The lowest BCUT2D eigenvalue weighted by Crippen LogP contribution is -2.18. The normalized spacial score (nSPS) is 10.9. The fraction of sp³-hybridized carbons (Fsp3) is 0.444. The minimum atomic E-state index is -2.49. The third-order valence-electron chi connectivity index (χ3n) is 2.15. The van der Waals surface area contributed by atoms with Crippen LogP contribution in [0.15, 0.2) is 12.7 Å². The van der Waals surface area contributed by atoms with Gasteiger partial charge in [-0.1, -0.05) is 0 Å². The number of hydrazine groups is 1. The van der Waals surface area contributed by atoms with E-state index >= 15 is 0 Å². The van der Waals surface area contributed by atoms with Crippen LogP contribution >= 0.6 is 0 Å². The van der Waals surface area contributed by atoms with Crippen molar-refractivity contribution in [2.75, 3.05) is 30.5 Å². The number of alkyl halides is 2. The number of nitrogens with one attached hydrogen (secondary N) is 2. The van der Waals surface area contributed by atoms with Gasteiger partial charge in [0.05, 0.1) is 6.61 Å². The summed E-state index contributed by atoms with van der Waals surface area (Å²) in [4.78, 5) is 15.8. The van der Waals surface area contributed by atoms with Gasteiger partial charge in [-0.25, -0.2) is 19.6 Å². The molecule has 2 rings (SSSR count). The lowest BCUT2D eigenvalue weighted by Gasteiger charge is -2.08. The molecule has 2 aromatic rings. The highest BCUT2D eigenvalue weighted by Gasteiger charge is 2.08. The molecule has 0 aromatic carbocycles. The summed E-state index contributed by atoms with van der Waals surface area (Å²) >= 11 is 0. The van der Waals surface area contributed by atoms with Crippen molar-refractivity contribution in [1.82, 2.24) is 29.7 Å². The monoisotopic (exact) mass is 301 g/mol. The zero-order chi connectivity index (χ0) is 15.1. The second-order valence-corrected chi connectivity index (χ2v) is 3.66. The molecule has 114 valence electrons. The van der Waals surface area contributed by atoms with Gasteiger partial charge in [0, 0.05) is 6.54 Å². The highest BCUT2D eigenvalue weighted by Crippen LogP contribution is 2.07. The van der Waals surface area contributed by atoms with Crippen molar-refractivity contribution in [3.63, 3.8) is 0 Å². The van der Waals surface area contributed by atoms with Gasteiger partial charge in [-0.2, -0.15) is 24.7 Å². The SMILES string of the molecule is NNc1nc(NCCOCC(F)F)nc(-n2cncn2)n1. The molecule has 0 unspecified atom stereocenters. The first-order valence-electron chi connectivity index (χ1n) is 5.86. The van der Waals surface area contributed by atoms with E-state index in [1.165, 1.54) is 17.3 Å². The summed E-state index contributed by atoms with van der Waals surface area (Å²) in [5.41, 5.74) is 2.29. The average molecular weight is 301 g/mol. The molecular formula is C9H13F2N9O. The first-order chi connectivity index (χ1) is 10.2. The Labute approximate surface area is 117 Å². The molecule has 2 aromatic heterocycles. The molecule has 0 saturated carbocycles. The number of nitrogens with zero attached hydrogens (tertiary/aromatic N) is 6. The van der Waals surface area contributed by atoms with Gasteiger partial charge in [0.25, 0.3) is 12.4 Å². The molecule has 4 N–H and O–H groups in total. The molecule has 21 heavy (non-hydrogen) atoms. The molecule has 2 heterocycles. The van der Waals surface area contributed by atoms with Crippen LogP contribution in [0.3, 0.4) is 0 Å². The third-order valence-corrected chi connectivity index (χ3v) is 2.15. The number of hydrogen-bond donors (Lipinski definition) is 3. The van der Waals surface area contributed by atoms with Crippen molar-refractivity contribution in [2.24, 2.45) is 5.84 Å². The molecular weight excluding hydrogens is 288 g/mol. The highest BCUT2D eigenvalue weighted by atomic mass is 19.3. The summed E-state index contributed by atoms with van der Waals surface area (Å²) in [6, 6.07) is 0. The van der Waals surface area contributed by atoms with E-state index in [9.17, 15) is 8.78 Å². The molecule has 0 fully saturated rings. The Balaban J connectivity index is 1.97. The summed E-state index contributed by atoms with van der Waals surface area (Å²) in [6.07, 6.45) is 0.240. The number of ether oxygens (including phenoxy) is 1. The van der Waals surface area contributed by atoms with Crippen LogP contribution in [-0.4, -0.2) is 55.9 Å². The second kappa shape index (κ2) is 7.35. The second-order valence-electron chi connectivity index (χ2n) is 3.66. The van der Waals surface area contributed by atoms with Gasteiger partial charge in [-0.15, -0.1) is 0 Å². The minimum absolute atomic E-state index is 0.0834. The van der Waals surface area contributed by atoms with Crippen LogP contribution < -0.4 is 16.6 Å². The van der Waals surface area contributed by atoms with Crippen molar-refractivity contribution >= 4 is 11.9 Å². The van der Waals surface area contributed by atoms with E-state index in [1.54, 1.807) is 0 Å². The van der Waals surface area contributed by atoms with E-state index in [0.29, 0.717) is 0 Å². The van der Waals surface area contributed by atoms with Crippen molar-refractivity contribution < 1.29 is 13.5 Å². The molecule has 0 aliphatic heterocycles. The van der Waals surface area contributed by atoms with Gasteiger partial charge in [0.2, 0.25) is 11.9 Å². The van der Waals surface area contributed by atoms with Crippen LogP contribution in [0.25, 0.3) is 5.95 Å². The molecule has 0 atom stereocenters. The Morgan fingerprint density at radius 1 is 1.29 bits per heavy atom. The Kier molecular flexibility index (Phi) is 5.22. The Bertz CT molecular complexity index is 550. The molecule has 0 aliphatic carbocycles. The van der Waals surface area contributed by atoms with Gasteiger partial charge in [-0.05, 0) is 0 Å². The third kappa shape index (κ3) is 4.54. The van der Waals surface area contributed by atoms with E-state index in [4.69, 9.17) is 10.6 Å². The maximum Gasteiger partial charge on any atom is 0.261 e. The maximum atomic E-state index is 11.9. The van der Waals surface area contributed by atoms with Crippen molar-refractivity contribution in [3.8, 4) is 5.95 Å². The van der Waals surface area contributed by atoms with Crippen LogP contribution in [-0.2, 0) is 4.74 Å². The first-order valence-corrected chi connectivity index (χ1v) is 5.86. The van der Waals surface area contributed by atoms with Crippen LogP contribution in [0.4, 0.5) is 20.7 Å². The van der Waals surface area contributed by atoms with E-state index < -0.39 is 13.0 Å². The maximum absolute atomic E-state index is 11.9. The van der Waals surface area contributed by atoms with Crippen LogP contribution in [0.2, 0.25) is 0 Å². The van der Waals surface area contributed by atoms with Gasteiger partial charge in [0.15, 0.2) is 0 Å². The van der Waals surface area contributed by atoms with E-state index in [2.05, 4.69) is 35.8 Å². The topological polar surface area (TPSA) is 129 Å². The first kappa shape index (κ1) is 14.9. The quantitative estimate of drug-likeness (QED) is 0.333. The van der Waals surface area contributed by atoms with Crippen molar-refractivity contribution in [3.05, 3.63) is 12.7 Å². The van der Waals surface area contributed by atoms with Gasteiger partial charge in [-0.3, -0.25) is 5.43 Å². The summed E-state index contributed by atoms with van der Waals surface area (Å²) in [5.74, 6) is 5.78. The molecule has 12 heteroatoms. The number of halogens is 2. The number of hydrogen-bond acceptors (Lipinski definition) is 9. The standard InChI is InChI=1S/C9H13F2N9O/c10-6(11)3-21-2-1-14-7-16-8(19-12)18-9(17-7)20-5-13-4-15-20/h4-6H,1-3,12H2,(H2,14,16,17,18,19). The van der Waals surface area contributed by atoms with E-state index in [0.717, 1.165) is 0 Å². The summed E-state index contributed by atoms with van der Waals surface area (Å²) in [7, 11) is 0. The Morgan fingerprint density at radius 2 is 2.10 bits per heavy atom. The molecule has 0 aliphatic rings. The number of nitrogen functional groups attached to an aromatic ring is 1. The number of aromatic nitrogens is 6. The number of anilines is 2. The van der Waals surface area contributed by atoms with E-state index in [-0.39, 0.29) is 31.0 Å². The largest absolute Gasteiger partial charge is 0.374 e. The zero-order valence-electron chi connectivity index (χ0n) is 10.8. The molecule has 0 saturated heterocycles. The molecule has 10 nitrogen and oxygen atoms in total. The summed E-state index contributed by atoms with van der Waals surface area (Å²) in [6.45, 7) is -0.281. The van der Waals surface area contributed by atoms with Crippen LogP contribution in [0.5, 0.6) is 0 Å². The lowest BCUT2D eigenvalue weighted by atomic mass is 10.6. The van der Waals surface area contributed by atoms with Crippen LogP contribution in [0, 0.1) is 0 Å². The van der Waals surface area contributed by atoms with Gasteiger partial charge >= 0.3 is 0 Å². The van der Waals surface area contributed by atoms with Crippen LogP contribution in [0.1, 0.15) is 0 Å². The predicted octanol–water partition coefficient (Wildman–Crippen LogP) is -0.569. The Morgan fingerprint density at radius 3 is 2.76 bits per heavy atom. The molecule has 0 spiro atoms. The minimum Gasteiger partial charge on any atom is -0.374 e. The van der Waals surface area contributed by atoms with E-state index in [1.807, 2.05) is 0 Å². The Hall–Kier alpha value is -2.47. The molecule has 0 amide bonds. The van der Waals surface area contributed by atoms with Gasteiger partial charge in [0.1, 0.15) is 19.3 Å². The summed E-state index contributed by atoms with van der Waals surface area (Å²) < 4.78 is 29.8. The smallest absolute Gasteiger partial charge is 0.261 e. The number of rotatable bonds is 8. The fourth-order valence-electron chi connectivity index (χ4n) is 1.33. The predicted molar refractivity (Wildman–Crippen MR) is 67.9 cm³/mol. The zero-order valence-corrected chi connectivity index (χ0v) is 10.8. The lowest BCUT2D eigenvalue weighted by molar-refractivity contribution is 0.0214. The summed E-state index contributed by atoms with van der Waals surface area (Å²) in [5, 5.41) is 6.69. The highest BCUT2D eigenvalue weighted by molar-refractivity contribution is 5.36.